The van der Waals surface area contributed by atoms with Crippen molar-refractivity contribution in [2.45, 2.75) is 13.8 Å². The summed E-state index contributed by atoms with van der Waals surface area (Å²) in [6.07, 6.45) is 0. The molecule has 0 saturated heterocycles. The second-order valence-corrected chi connectivity index (χ2v) is 4.64. The van der Waals surface area contributed by atoms with Crippen LogP contribution in [0.4, 0.5) is 11.4 Å². The van der Waals surface area contributed by atoms with Gasteiger partial charge in [0.05, 0.1) is 6.61 Å². The number of anilines is 2. The van der Waals surface area contributed by atoms with E-state index in [4.69, 9.17) is 28.4 Å². The predicted octanol–water partition coefficient (Wildman–Crippen LogP) is 0.743. The molecular weight excluding hydrogens is 272 g/mol. The highest BCUT2D eigenvalue weighted by molar-refractivity contribution is 7.79. The predicted molar refractivity (Wildman–Crippen MR) is 74.7 cm³/mol. The smallest absolute Gasteiger partial charge is 0.394 e. The lowest BCUT2D eigenvalue weighted by atomic mass is 10.1. The number of benzene rings is 1. The monoisotopic (exact) mass is 292 g/mol. The van der Waals surface area contributed by atoms with E-state index in [9.17, 15) is 0 Å². The molecule has 1 aromatic rings. The van der Waals surface area contributed by atoms with E-state index < -0.39 is 10.4 Å². The van der Waals surface area contributed by atoms with E-state index in [2.05, 4.69) is 11.8 Å². The molecule has 7 nitrogen and oxygen atoms in total. The lowest BCUT2D eigenvalue weighted by Crippen LogP contribution is -2.27. The fraction of sp³-hybridized carbons (Fsp3) is 0.455. The zero-order chi connectivity index (χ0) is 15.1. The zero-order valence-electron chi connectivity index (χ0n) is 10.9. The normalized spacial score (nSPS) is 10.6. The largest absolute Gasteiger partial charge is 0.398 e. The van der Waals surface area contributed by atoms with Gasteiger partial charge in [-0.25, -0.2) is 0 Å². The summed E-state index contributed by atoms with van der Waals surface area (Å²) in [5, 5.41) is 8.92. The Bertz CT molecular complexity index is 482. The fourth-order valence-corrected chi connectivity index (χ4v) is 1.55. The summed E-state index contributed by atoms with van der Waals surface area (Å²) in [6, 6.07) is 5.87. The summed E-state index contributed by atoms with van der Waals surface area (Å²) in [5.41, 5.74) is 8.82. The van der Waals surface area contributed by atoms with Gasteiger partial charge in [-0.1, -0.05) is 6.07 Å². The Morgan fingerprint density at radius 3 is 2.26 bits per heavy atom. The van der Waals surface area contributed by atoms with Gasteiger partial charge in [0.25, 0.3) is 0 Å². The maximum atomic E-state index is 8.92. The zero-order valence-corrected chi connectivity index (χ0v) is 11.8. The fourth-order valence-electron chi connectivity index (χ4n) is 1.55. The topological polar surface area (TPSA) is 124 Å². The van der Waals surface area contributed by atoms with Gasteiger partial charge < -0.3 is 15.7 Å². The van der Waals surface area contributed by atoms with Crippen molar-refractivity contribution >= 4 is 21.8 Å². The minimum Gasteiger partial charge on any atom is -0.398 e. The van der Waals surface area contributed by atoms with Crippen LogP contribution in [0, 0.1) is 6.92 Å². The summed E-state index contributed by atoms with van der Waals surface area (Å²) in [5.74, 6) is 0. The van der Waals surface area contributed by atoms with Gasteiger partial charge in [0.1, 0.15) is 0 Å². The molecule has 1 aromatic carbocycles. The molecule has 0 aliphatic rings. The lowest BCUT2D eigenvalue weighted by molar-refractivity contribution is 0.302. The van der Waals surface area contributed by atoms with Crippen molar-refractivity contribution in [2.24, 2.45) is 0 Å². The van der Waals surface area contributed by atoms with Crippen molar-refractivity contribution in [2.75, 3.05) is 30.3 Å². The van der Waals surface area contributed by atoms with Gasteiger partial charge in [0, 0.05) is 24.5 Å². The van der Waals surface area contributed by atoms with Crippen LogP contribution in [-0.4, -0.2) is 42.3 Å². The number of rotatable bonds is 4. The summed E-state index contributed by atoms with van der Waals surface area (Å²) >= 11 is 0. The molecule has 5 N–H and O–H groups in total. The van der Waals surface area contributed by atoms with Crippen LogP contribution >= 0.6 is 0 Å². The Morgan fingerprint density at radius 1 is 1.32 bits per heavy atom. The minimum atomic E-state index is -4.67. The number of likely N-dealkylation sites (N-methyl/N-ethyl adjacent to an activating group) is 1. The quantitative estimate of drug-likeness (QED) is 0.476. The lowest BCUT2D eigenvalue weighted by Gasteiger charge is -2.24. The summed E-state index contributed by atoms with van der Waals surface area (Å²) in [7, 11) is -4.67. The average molecular weight is 292 g/mol. The number of hydrogen-bond donors (Lipinski definition) is 4. The Labute approximate surface area is 113 Å². The Hall–Kier alpha value is -1.35. The van der Waals surface area contributed by atoms with E-state index in [0.29, 0.717) is 6.54 Å². The first kappa shape index (κ1) is 17.6. The van der Waals surface area contributed by atoms with E-state index in [1.807, 2.05) is 25.1 Å². The van der Waals surface area contributed by atoms with Crippen LogP contribution in [0.25, 0.3) is 0 Å². The van der Waals surface area contributed by atoms with Gasteiger partial charge in [-0.2, -0.15) is 8.42 Å². The van der Waals surface area contributed by atoms with Crippen LogP contribution in [0.3, 0.4) is 0 Å². The first-order valence-corrected chi connectivity index (χ1v) is 7.01. The molecule has 0 atom stereocenters. The maximum Gasteiger partial charge on any atom is 0.394 e. The van der Waals surface area contributed by atoms with Crippen molar-refractivity contribution in [1.82, 2.24) is 0 Å². The number of nitrogens with two attached hydrogens (primary N) is 1. The highest BCUT2D eigenvalue weighted by atomic mass is 32.3. The molecule has 0 fully saturated rings. The molecule has 1 rings (SSSR count). The van der Waals surface area contributed by atoms with Crippen LogP contribution in [0.15, 0.2) is 18.2 Å². The summed E-state index contributed by atoms with van der Waals surface area (Å²) < 4.78 is 31.6. The second-order valence-electron chi connectivity index (χ2n) is 3.74. The molecule has 8 heteroatoms. The second kappa shape index (κ2) is 7.95. The van der Waals surface area contributed by atoms with E-state index in [1.165, 1.54) is 0 Å². The van der Waals surface area contributed by atoms with Gasteiger partial charge in [0.15, 0.2) is 0 Å². The molecule has 0 aliphatic heterocycles. The van der Waals surface area contributed by atoms with Crippen molar-refractivity contribution in [3.8, 4) is 0 Å². The van der Waals surface area contributed by atoms with Crippen LogP contribution < -0.4 is 10.6 Å². The van der Waals surface area contributed by atoms with Gasteiger partial charge in [-0.15, -0.1) is 0 Å². The first-order valence-electron chi connectivity index (χ1n) is 5.61. The van der Waals surface area contributed by atoms with Gasteiger partial charge >= 0.3 is 10.4 Å². The molecule has 0 amide bonds. The van der Waals surface area contributed by atoms with Crippen LogP contribution in [0.2, 0.25) is 0 Å². The Morgan fingerprint density at radius 2 is 1.84 bits per heavy atom. The maximum absolute atomic E-state index is 8.92. The number of nitrogens with zero attached hydrogens (tertiary/aromatic N) is 1. The van der Waals surface area contributed by atoms with E-state index >= 15 is 0 Å². The number of aliphatic hydroxyl groups is 1. The molecule has 0 unspecified atom stereocenters. The highest BCUT2D eigenvalue weighted by Gasteiger charge is 2.07. The molecule has 0 heterocycles. The van der Waals surface area contributed by atoms with Crippen molar-refractivity contribution < 1.29 is 22.6 Å². The third-order valence-corrected chi connectivity index (χ3v) is 2.44. The van der Waals surface area contributed by atoms with Crippen LogP contribution in [0.5, 0.6) is 0 Å². The van der Waals surface area contributed by atoms with Crippen molar-refractivity contribution in [3.05, 3.63) is 23.8 Å². The molecular formula is C11H20N2O5S. The Kier molecular flexibility index (Phi) is 7.38. The highest BCUT2D eigenvalue weighted by Crippen LogP contribution is 2.24. The standard InChI is InChI=1S/C11H18N2O.H2O4S/c1-3-13(7-8-14)11-6-4-5-10(12)9(11)2;1-5(2,3)4/h4-6,14H,3,7-8,12H2,1-2H3;(H2,1,2,3,4). The average Bonchev–Trinajstić information content (AvgIpc) is 2.28. The molecule has 0 aromatic heterocycles. The van der Waals surface area contributed by atoms with Crippen molar-refractivity contribution in [1.29, 1.82) is 0 Å². The van der Waals surface area contributed by atoms with E-state index in [0.717, 1.165) is 23.5 Å². The third kappa shape index (κ3) is 7.62. The summed E-state index contributed by atoms with van der Waals surface area (Å²) in [6.45, 7) is 5.77. The van der Waals surface area contributed by atoms with Gasteiger partial charge in [-0.3, -0.25) is 9.11 Å². The first-order chi connectivity index (χ1) is 8.70. The molecule has 0 aliphatic carbocycles. The van der Waals surface area contributed by atoms with Gasteiger partial charge in [-0.05, 0) is 31.5 Å². The number of nitrogen functional groups attached to an aromatic ring is 1. The van der Waals surface area contributed by atoms with Crippen LogP contribution in [0.1, 0.15) is 12.5 Å². The third-order valence-electron chi connectivity index (χ3n) is 2.44. The molecule has 0 bridgehead atoms. The molecule has 0 saturated carbocycles. The molecule has 19 heavy (non-hydrogen) atoms. The molecule has 110 valence electrons. The van der Waals surface area contributed by atoms with Crippen molar-refractivity contribution in [3.63, 3.8) is 0 Å². The summed E-state index contributed by atoms with van der Waals surface area (Å²) in [4.78, 5) is 2.12. The van der Waals surface area contributed by atoms with E-state index in [1.54, 1.807) is 0 Å². The number of aliphatic hydroxyl groups excluding tert-OH is 1. The minimum absolute atomic E-state index is 0.169. The SMILES string of the molecule is CCN(CCO)c1cccc(N)c1C.O=S(=O)(O)O. The Balaban J connectivity index is 0.000000555. The van der Waals surface area contributed by atoms with Gasteiger partial charge in [0.2, 0.25) is 0 Å². The van der Waals surface area contributed by atoms with E-state index in [-0.39, 0.29) is 6.61 Å². The molecule has 0 radical (unpaired) electrons. The van der Waals surface area contributed by atoms with Crippen LogP contribution in [-0.2, 0) is 10.4 Å². The molecule has 0 spiro atoms. The number of hydrogen-bond acceptors (Lipinski definition) is 5.